The molecule has 0 aliphatic rings. The summed E-state index contributed by atoms with van der Waals surface area (Å²) >= 11 is 0. The molecule has 0 fully saturated rings. The zero-order valence-electron chi connectivity index (χ0n) is 13.9. The van der Waals surface area contributed by atoms with Crippen molar-refractivity contribution in [1.29, 1.82) is 0 Å². The first-order valence-electron chi connectivity index (χ1n) is 8.03. The first kappa shape index (κ1) is 16.6. The molecule has 0 spiro atoms. The van der Waals surface area contributed by atoms with Gasteiger partial charge in [-0.3, -0.25) is 4.79 Å². The molecule has 0 aliphatic heterocycles. The molecule has 0 aliphatic carbocycles. The van der Waals surface area contributed by atoms with Crippen molar-refractivity contribution in [2.24, 2.45) is 0 Å². The molecule has 25 heavy (non-hydrogen) atoms. The predicted octanol–water partition coefficient (Wildman–Crippen LogP) is 2.59. The lowest BCUT2D eigenvalue weighted by Gasteiger charge is -2.07. The average Bonchev–Trinajstić information content (AvgIpc) is 3.15. The summed E-state index contributed by atoms with van der Waals surface area (Å²) in [5, 5.41) is 10.8. The highest BCUT2D eigenvalue weighted by atomic mass is 16.5. The zero-order valence-corrected chi connectivity index (χ0v) is 13.9. The van der Waals surface area contributed by atoms with Crippen LogP contribution in [-0.4, -0.2) is 32.2 Å². The van der Waals surface area contributed by atoms with Crippen molar-refractivity contribution in [3.63, 3.8) is 0 Å². The van der Waals surface area contributed by atoms with Gasteiger partial charge < -0.3 is 14.6 Å². The molecular formula is C18H19N5O2. The number of aromatic nitrogens is 4. The van der Waals surface area contributed by atoms with Crippen molar-refractivity contribution in [3.8, 4) is 11.6 Å². The number of nitrogens with zero attached hydrogens (tertiary/aromatic N) is 4. The van der Waals surface area contributed by atoms with Gasteiger partial charge in [-0.2, -0.15) is 5.10 Å². The Bertz CT molecular complexity index is 798. The van der Waals surface area contributed by atoms with Crippen LogP contribution < -0.4 is 10.1 Å². The van der Waals surface area contributed by atoms with E-state index in [-0.39, 0.29) is 5.91 Å². The third-order valence-corrected chi connectivity index (χ3v) is 3.55. The molecule has 0 unspecified atom stereocenters. The smallest absolute Gasteiger partial charge is 0.251 e. The van der Waals surface area contributed by atoms with Crippen LogP contribution in [0.4, 0.5) is 0 Å². The molecule has 3 aromatic rings. The zero-order chi connectivity index (χ0) is 17.5. The quantitative estimate of drug-likeness (QED) is 0.670. The Labute approximate surface area is 145 Å². The molecule has 7 heteroatoms. The van der Waals surface area contributed by atoms with Crippen LogP contribution in [0.5, 0.6) is 11.6 Å². The van der Waals surface area contributed by atoms with Crippen LogP contribution in [0.1, 0.15) is 22.5 Å². The van der Waals surface area contributed by atoms with Gasteiger partial charge >= 0.3 is 0 Å². The molecule has 7 nitrogen and oxygen atoms in total. The molecule has 128 valence electrons. The van der Waals surface area contributed by atoms with Crippen LogP contribution in [-0.2, 0) is 6.54 Å². The number of carbonyl (C=O) groups excluding carboxylic acids is 1. The molecular weight excluding hydrogens is 318 g/mol. The SMILES string of the molecule is Cc1ccc(Oc2ccc(C(=O)NCCCn3ccnc3)cc2)nn1. The van der Waals surface area contributed by atoms with Gasteiger partial charge in [0.1, 0.15) is 5.75 Å². The maximum Gasteiger partial charge on any atom is 0.251 e. The highest BCUT2D eigenvalue weighted by Crippen LogP contribution is 2.19. The van der Waals surface area contributed by atoms with E-state index >= 15 is 0 Å². The summed E-state index contributed by atoms with van der Waals surface area (Å²) in [5.74, 6) is 0.921. The number of amides is 1. The van der Waals surface area contributed by atoms with E-state index in [1.807, 2.05) is 23.8 Å². The van der Waals surface area contributed by atoms with E-state index in [9.17, 15) is 4.79 Å². The van der Waals surface area contributed by atoms with Gasteiger partial charge in [0.05, 0.1) is 12.0 Å². The third kappa shape index (κ3) is 4.87. The minimum absolute atomic E-state index is 0.104. The van der Waals surface area contributed by atoms with Crippen LogP contribution in [0, 0.1) is 6.92 Å². The average molecular weight is 337 g/mol. The molecule has 1 N–H and O–H groups in total. The Balaban J connectivity index is 1.47. The predicted molar refractivity (Wildman–Crippen MR) is 92.5 cm³/mol. The largest absolute Gasteiger partial charge is 0.438 e. The second-order valence-electron chi connectivity index (χ2n) is 5.55. The minimum Gasteiger partial charge on any atom is -0.438 e. The van der Waals surface area contributed by atoms with Crippen molar-refractivity contribution in [2.45, 2.75) is 19.9 Å². The molecule has 0 saturated heterocycles. The molecule has 1 amide bonds. The molecule has 3 rings (SSSR count). The normalized spacial score (nSPS) is 10.4. The van der Waals surface area contributed by atoms with Gasteiger partial charge in [-0.1, -0.05) is 0 Å². The molecule has 0 atom stereocenters. The van der Waals surface area contributed by atoms with Crippen LogP contribution in [0.3, 0.4) is 0 Å². The van der Waals surface area contributed by atoms with Crippen LogP contribution in [0.25, 0.3) is 0 Å². The number of nitrogens with one attached hydrogen (secondary N) is 1. The van der Waals surface area contributed by atoms with Gasteiger partial charge in [0.15, 0.2) is 0 Å². The Morgan fingerprint density at radius 2 is 2.00 bits per heavy atom. The Morgan fingerprint density at radius 3 is 2.68 bits per heavy atom. The topological polar surface area (TPSA) is 81.9 Å². The fraction of sp³-hybridized carbons (Fsp3) is 0.222. The number of benzene rings is 1. The lowest BCUT2D eigenvalue weighted by molar-refractivity contribution is 0.0952. The minimum atomic E-state index is -0.104. The van der Waals surface area contributed by atoms with Crippen molar-refractivity contribution in [2.75, 3.05) is 6.54 Å². The maximum absolute atomic E-state index is 12.1. The molecule has 0 radical (unpaired) electrons. The lowest BCUT2D eigenvalue weighted by atomic mass is 10.2. The van der Waals surface area contributed by atoms with E-state index in [1.54, 1.807) is 42.9 Å². The van der Waals surface area contributed by atoms with E-state index in [0.717, 1.165) is 18.7 Å². The lowest BCUT2D eigenvalue weighted by Crippen LogP contribution is -2.25. The Kier molecular flexibility index (Phi) is 5.36. The molecule has 0 bridgehead atoms. The second kappa shape index (κ2) is 8.05. The highest BCUT2D eigenvalue weighted by Gasteiger charge is 2.06. The molecule has 0 saturated carbocycles. The van der Waals surface area contributed by atoms with Gasteiger partial charge in [0.2, 0.25) is 5.88 Å². The summed E-state index contributed by atoms with van der Waals surface area (Å²) < 4.78 is 7.57. The fourth-order valence-electron chi connectivity index (χ4n) is 2.22. The van der Waals surface area contributed by atoms with Gasteiger partial charge in [-0.25, -0.2) is 4.98 Å². The molecule has 2 aromatic heterocycles. The van der Waals surface area contributed by atoms with E-state index in [4.69, 9.17) is 4.74 Å². The standard InChI is InChI=1S/C18H19N5O2/c1-14-3-8-17(22-21-14)25-16-6-4-15(5-7-16)18(24)20-9-2-11-23-12-10-19-13-23/h3-8,10,12-13H,2,9,11H2,1H3,(H,20,24). The van der Waals surface area contributed by atoms with E-state index in [1.165, 1.54) is 0 Å². The first-order valence-corrected chi connectivity index (χ1v) is 8.03. The van der Waals surface area contributed by atoms with Crippen molar-refractivity contribution in [1.82, 2.24) is 25.1 Å². The first-order chi connectivity index (χ1) is 12.2. The summed E-state index contributed by atoms with van der Waals surface area (Å²) in [4.78, 5) is 16.1. The van der Waals surface area contributed by atoms with Gasteiger partial charge in [-0.15, -0.1) is 5.10 Å². The van der Waals surface area contributed by atoms with E-state index in [2.05, 4.69) is 20.5 Å². The number of aryl methyl sites for hydroxylation is 2. The van der Waals surface area contributed by atoms with Gasteiger partial charge in [0, 0.05) is 37.1 Å². The monoisotopic (exact) mass is 337 g/mol. The third-order valence-electron chi connectivity index (χ3n) is 3.55. The van der Waals surface area contributed by atoms with E-state index in [0.29, 0.717) is 23.7 Å². The van der Waals surface area contributed by atoms with Crippen LogP contribution >= 0.6 is 0 Å². The summed E-state index contributed by atoms with van der Waals surface area (Å²) in [6, 6.07) is 10.5. The van der Waals surface area contributed by atoms with E-state index < -0.39 is 0 Å². The van der Waals surface area contributed by atoms with Crippen LogP contribution in [0.15, 0.2) is 55.1 Å². The van der Waals surface area contributed by atoms with Crippen LogP contribution in [0.2, 0.25) is 0 Å². The summed E-state index contributed by atoms with van der Waals surface area (Å²) in [7, 11) is 0. The Hall–Kier alpha value is -3.22. The number of rotatable bonds is 7. The number of carbonyl (C=O) groups is 1. The number of hydrogen-bond acceptors (Lipinski definition) is 5. The second-order valence-corrected chi connectivity index (χ2v) is 5.55. The number of hydrogen-bond donors (Lipinski definition) is 1. The summed E-state index contributed by atoms with van der Waals surface area (Å²) in [5.41, 5.74) is 1.41. The van der Waals surface area contributed by atoms with Crippen molar-refractivity contribution in [3.05, 3.63) is 66.4 Å². The maximum atomic E-state index is 12.1. The highest BCUT2D eigenvalue weighted by molar-refractivity contribution is 5.94. The number of ether oxygens (including phenoxy) is 1. The summed E-state index contributed by atoms with van der Waals surface area (Å²) in [6.07, 6.45) is 6.25. The Morgan fingerprint density at radius 1 is 1.16 bits per heavy atom. The van der Waals surface area contributed by atoms with Crippen molar-refractivity contribution >= 4 is 5.91 Å². The molecule has 1 aromatic carbocycles. The van der Waals surface area contributed by atoms with Crippen molar-refractivity contribution < 1.29 is 9.53 Å². The van der Waals surface area contributed by atoms with Gasteiger partial charge in [0.25, 0.3) is 5.91 Å². The summed E-state index contributed by atoms with van der Waals surface area (Å²) in [6.45, 7) is 3.29. The number of imidazole rings is 1. The van der Waals surface area contributed by atoms with Gasteiger partial charge in [-0.05, 0) is 43.7 Å². The fourth-order valence-corrected chi connectivity index (χ4v) is 2.22. The molecule has 2 heterocycles.